The zero-order valence-corrected chi connectivity index (χ0v) is 19.7. The number of aromatic nitrogens is 3. The van der Waals surface area contributed by atoms with Crippen molar-refractivity contribution >= 4 is 23.6 Å². The normalized spacial score (nSPS) is 13.8. The predicted octanol–water partition coefficient (Wildman–Crippen LogP) is 3.81. The van der Waals surface area contributed by atoms with Crippen molar-refractivity contribution in [1.29, 1.82) is 0 Å². The van der Waals surface area contributed by atoms with E-state index >= 15 is 0 Å². The van der Waals surface area contributed by atoms with Crippen molar-refractivity contribution in [3.8, 4) is 5.75 Å². The molecule has 10 heteroatoms. The van der Waals surface area contributed by atoms with Crippen molar-refractivity contribution in [3.63, 3.8) is 0 Å². The Morgan fingerprint density at radius 1 is 1.24 bits per heavy atom. The fourth-order valence-electron chi connectivity index (χ4n) is 3.82. The molecule has 8 nitrogen and oxygen atoms in total. The minimum atomic E-state index is -0.443. The van der Waals surface area contributed by atoms with Gasteiger partial charge in [0.2, 0.25) is 11.9 Å². The Balaban J connectivity index is 1.42. The van der Waals surface area contributed by atoms with E-state index in [1.807, 2.05) is 16.7 Å². The summed E-state index contributed by atoms with van der Waals surface area (Å²) in [6.07, 6.45) is 5.13. The summed E-state index contributed by atoms with van der Waals surface area (Å²) < 4.78 is 26.5. The molecule has 0 bridgehead atoms. The van der Waals surface area contributed by atoms with Gasteiger partial charge >= 0.3 is 0 Å². The van der Waals surface area contributed by atoms with E-state index in [0.717, 1.165) is 37.6 Å². The lowest BCUT2D eigenvalue weighted by atomic mass is 10.1. The molecular formula is C23H28FN5O3S. The first kappa shape index (κ1) is 23.2. The molecular weight excluding hydrogens is 445 g/mol. The van der Waals surface area contributed by atoms with E-state index in [-0.39, 0.29) is 17.4 Å². The summed E-state index contributed by atoms with van der Waals surface area (Å²) in [5.74, 6) is 1.47. The lowest BCUT2D eigenvalue weighted by molar-refractivity contribution is -0.127. The zero-order chi connectivity index (χ0) is 23.2. The molecule has 3 heterocycles. The van der Waals surface area contributed by atoms with Crippen LogP contribution in [-0.4, -0.2) is 58.6 Å². The van der Waals surface area contributed by atoms with Crippen LogP contribution in [0.5, 0.6) is 5.75 Å². The maximum atomic E-state index is 14.0. The largest absolute Gasteiger partial charge is 0.494 e. The number of benzene rings is 1. The van der Waals surface area contributed by atoms with Gasteiger partial charge in [-0.05, 0) is 49.1 Å². The molecule has 3 aromatic rings. The molecule has 0 atom stereocenters. The Morgan fingerprint density at radius 2 is 2.06 bits per heavy atom. The van der Waals surface area contributed by atoms with E-state index in [1.165, 1.54) is 31.4 Å². The highest BCUT2D eigenvalue weighted by Crippen LogP contribution is 2.26. The Labute approximate surface area is 196 Å². The number of methoxy groups -OCH3 is 1. The molecule has 0 radical (unpaired) electrons. The predicted molar refractivity (Wildman–Crippen MR) is 124 cm³/mol. The summed E-state index contributed by atoms with van der Waals surface area (Å²) in [7, 11) is 3.13. The number of hydrogen-bond donors (Lipinski definition) is 0. The summed E-state index contributed by atoms with van der Waals surface area (Å²) >= 11 is 1.35. The van der Waals surface area contributed by atoms with Crippen LogP contribution < -0.4 is 9.64 Å². The topological polar surface area (TPSA) is 76.6 Å². The van der Waals surface area contributed by atoms with Crippen LogP contribution in [0.4, 0.5) is 10.3 Å². The monoisotopic (exact) mass is 473 g/mol. The molecule has 4 rings (SSSR count). The second-order valence-electron chi connectivity index (χ2n) is 8.00. The van der Waals surface area contributed by atoms with Gasteiger partial charge in [0.15, 0.2) is 16.7 Å². The maximum absolute atomic E-state index is 14.0. The van der Waals surface area contributed by atoms with Crippen molar-refractivity contribution in [2.24, 2.45) is 0 Å². The van der Waals surface area contributed by atoms with Gasteiger partial charge < -0.3 is 19.0 Å². The second-order valence-corrected chi connectivity index (χ2v) is 8.95. The molecule has 2 aromatic heterocycles. The summed E-state index contributed by atoms with van der Waals surface area (Å²) in [5, 5.41) is 9.48. The molecule has 0 unspecified atom stereocenters. The van der Waals surface area contributed by atoms with E-state index in [4.69, 9.17) is 9.15 Å². The van der Waals surface area contributed by atoms with Crippen LogP contribution in [0.1, 0.15) is 30.6 Å². The fourth-order valence-corrected chi connectivity index (χ4v) is 4.69. The minimum absolute atomic E-state index is 0.0803. The average Bonchev–Trinajstić information content (AvgIpc) is 3.48. The van der Waals surface area contributed by atoms with E-state index in [9.17, 15) is 9.18 Å². The fraction of sp³-hybridized carbons (Fsp3) is 0.435. The number of thioether (sulfide) groups is 1. The van der Waals surface area contributed by atoms with Crippen LogP contribution >= 0.6 is 11.8 Å². The molecule has 1 aliphatic heterocycles. The van der Waals surface area contributed by atoms with E-state index < -0.39 is 5.82 Å². The Hall–Kier alpha value is -3.01. The standard InChI is InChI=1S/C23H28FN5O3S/c1-27(14-17-8-9-20(31-2)19(24)13-17)21(30)16-33-23-26-25-22(28-10-4-3-5-11-28)29(23)15-18-7-6-12-32-18/h6-9,12-13H,3-5,10-11,14-16H2,1-2H3. The second kappa shape index (κ2) is 10.7. The van der Waals surface area contributed by atoms with E-state index in [1.54, 1.807) is 30.3 Å². The number of furan rings is 1. The molecule has 1 aliphatic rings. The van der Waals surface area contributed by atoms with Crippen molar-refractivity contribution in [2.75, 3.05) is 37.9 Å². The van der Waals surface area contributed by atoms with Gasteiger partial charge in [-0.2, -0.15) is 0 Å². The first-order valence-electron chi connectivity index (χ1n) is 10.9. The molecule has 1 fully saturated rings. The smallest absolute Gasteiger partial charge is 0.233 e. The van der Waals surface area contributed by atoms with Crippen LogP contribution in [0.15, 0.2) is 46.2 Å². The number of piperidine rings is 1. The summed E-state index contributed by atoms with van der Waals surface area (Å²) in [4.78, 5) is 16.6. The van der Waals surface area contributed by atoms with Crippen LogP contribution in [0, 0.1) is 5.82 Å². The maximum Gasteiger partial charge on any atom is 0.233 e. The number of hydrogen-bond acceptors (Lipinski definition) is 7. The first-order valence-corrected chi connectivity index (χ1v) is 11.9. The third-order valence-electron chi connectivity index (χ3n) is 5.62. The number of rotatable bonds is 9. The molecule has 1 amide bonds. The minimum Gasteiger partial charge on any atom is -0.494 e. The highest BCUT2D eigenvalue weighted by atomic mass is 32.2. The number of ether oxygens (including phenoxy) is 1. The third-order valence-corrected chi connectivity index (χ3v) is 6.57. The number of anilines is 1. The first-order chi connectivity index (χ1) is 16.0. The Morgan fingerprint density at radius 3 is 2.76 bits per heavy atom. The van der Waals surface area contributed by atoms with Gasteiger partial charge in [0.1, 0.15) is 5.76 Å². The Bertz CT molecular complexity index is 1070. The summed E-state index contributed by atoms with van der Waals surface area (Å²) in [6, 6.07) is 8.48. The van der Waals surface area contributed by atoms with Gasteiger partial charge in [-0.15, -0.1) is 10.2 Å². The van der Waals surface area contributed by atoms with Crippen molar-refractivity contribution in [3.05, 3.63) is 53.7 Å². The molecule has 0 spiro atoms. The lowest BCUT2D eigenvalue weighted by Gasteiger charge is -2.27. The Kier molecular flexibility index (Phi) is 7.54. The van der Waals surface area contributed by atoms with Crippen LogP contribution in [0.25, 0.3) is 0 Å². The van der Waals surface area contributed by atoms with Gasteiger partial charge in [0, 0.05) is 26.7 Å². The molecule has 0 aliphatic carbocycles. The lowest BCUT2D eigenvalue weighted by Crippen LogP contribution is -2.32. The van der Waals surface area contributed by atoms with Crippen molar-refractivity contribution < 1.29 is 18.3 Å². The van der Waals surface area contributed by atoms with Gasteiger partial charge in [-0.1, -0.05) is 17.8 Å². The molecule has 0 saturated carbocycles. The van der Waals surface area contributed by atoms with Crippen LogP contribution in [-0.2, 0) is 17.9 Å². The van der Waals surface area contributed by atoms with Crippen LogP contribution in [0.2, 0.25) is 0 Å². The van der Waals surface area contributed by atoms with Crippen molar-refractivity contribution in [1.82, 2.24) is 19.7 Å². The zero-order valence-electron chi connectivity index (χ0n) is 18.9. The number of halogens is 1. The molecule has 1 aromatic carbocycles. The number of amides is 1. The molecule has 176 valence electrons. The SMILES string of the molecule is COc1ccc(CN(C)C(=O)CSc2nnc(N3CCCCC3)n2Cc2ccco2)cc1F. The van der Waals surface area contributed by atoms with Crippen molar-refractivity contribution in [2.45, 2.75) is 37.5 Å². The van der Waals surface area contributed by atoms with Gasteiger partial charge in [-0.25, -0.2) is 4.39 Å². The number of carbonyl (C=O) groups is 1. The molecule has 0 N–H and O–H groups in total. The summed E-state index contributed by atoms with van der Waals surface area (Å²) in [5.41, 5.74) is 0.697. The third kappa shape index (κ3) is 5.68. The van der Waals surface area contributed by atoms with Crippen LogP contribution in [0.3, 0.4) is 0 Å². The molecule has 1 saturated heterocycles. The average molecular weight is 474 g/mol. The highest BCUT2D eigenvalue weighted by Gasteiger charge is 2.22. The molecule has 33 heavy (non-hydrogen) atoms. The number of carbonyl (C=O) groups excluding carboxylic acids is 1. The van der Waals surface area contributed by atoms with Gasteiger partial charge in [0.25, 0.3) is 0 Å². The van der Waals surface area contributed by atoms with E-state index in [0.29, 0.717) is 23.8 Å². The number of nitrogens with zero attached hydrogens (tertiary/aromatic N) is 5. The van der Waals surface area contributed by atoms with Gasteiger partial charge in [0.05, 0.1) is 25.7 Å². The quantitative estimate of drug-likeness (QED) is 0.438. The highest BCUT2D eigenvalue weighted by molar-refractivity contribution is 7.99. The summed E-state index contributed by atoms with van der Waals surface area (Å²) in [6.45, 7) is 2.70. The van der Waals surface area contributed by atoms with Gasteiger partial charge in [-0.3, -0.25) is 9.36 Å². The van der Waals surface area contributed by atoms with E-state index in [2.05, 4.69) is 15.1 Å².